The van der Waals surface area contributed by atoms with Crippen LogP contribution >= 0.6 is 0 Å². The van der Waals surface area contributed by atoms with E-state index < -0.39 is 60.1 Å². The van der Waals surface area contributed by atoms with Crippen LogP contribution in [0, 0.1) is 17.8 Å². The Hall–Kier alpha value is -4.10. The minimum absolute atomic E-state index is 0.00256. The number of aromatic nitrogens is 2. The molecular formula is C38H58N6O7. The number of aliphatic carboxylic acids is 1. The third-order valence-corrected chi connectivity index (χ3v) is 10.4. The molecule has 51 heavy (non-hydrogen) atoms. The van der Waals surface area contributed by atoms with Crippen molar-refractivity contribution in [3.8, 4) is 0 Å². The molecule has 0 bridgehead atoms. The maximum Gasteiger partial charge on any atom is 0.326 e. The number of carboxylic acids is 1. The fraction of sp³-hybridized carbons (Fsp3) is 0.632. The van der Waals surface area contributed by atoms with Gasteiger partial charge in [-0.1, -0.05) is 78.3 Å². The van der Waals surface area contributed by atoms with E-state index in [1.165, 1.54) is 7.11 Å². The van der Waals surface area contributed by atoms with Crippen molar-refractivity contribution in [1.29, 1.82) is 0 Å². The highest BCUT2D eigenvalue weighted by Crippen LogP contribution is 2.30. The average molecular weight is 711 g/mol. The molecule has 0 aliphatic carbocycles. The number of ether oxygens (including phenoxy) is 2. The van der Waals surface area contributed by atoms with Gasteiger partial charge in [-0.25, -0.2) is 14.8 Å². The number of carbonyl (C=O) groups excluding carboxylic acids is 3. The van der Waals surface area contributed by atoms with E-state index in [4.69, 9.17) is 9.47 Å². The van der Waals surface area contributed by atoms with Crippen molar-refractivity contribution in [2.45, 2.75) is 110 Å². The van der Waals surface area contributed by atoms with Gasteiger partial charge in [0.2, 0.25) is 23.7 Å². The second-order valence-corrected chi connectivity index (χ2v) is 14.1. The number of likely N-dealkylation sites (N-methyl/N-ethyl adjacent to an activating group) is 1. The van der Waals surface area contributed by atoms with E-state index in [0.29, 0.717) is 18.9 Å². The number of likely N-dealkylation sites (tertiary alicyclic amines) is 1. The highest BCUT2D eigenvalue weighted by atomic mass is 16.5. The predicted octanol–water partition coefficient (Wildman–Crippen LogP) is 4.21. The minimum atomic E-state index is -1.15. The first-order chi connectivity index (χ1) is 24.3. The van der Waals surface area contributed by atoms with Gasteiger partial charge in [0.05, 0.1) is 36.6 Å². The summed E-state index contributed by atoms with van der Waals surface area (Å²) in [6.45, 7) is 12.0. The summed E-state index contributed by atoms with van der Waals surface area (Å²) in [5.74, 6) is -2.85. The molecule has 0 saturated carbocycles. The zero-order valence-electron chi connectivity index (χ0n) is 31.6. The van der Waals surface area contributed by atoms with E-state index >= 15 is 0 Å². The normalized spacial score (nSPS) is 19.3. The lowest BCUT2D eigenvalue weighted by molar-refractivity contribution is -0.147. The summed E-state index contributed by atoms with van der Waals surface area (Å²) < 4.78 is 11.9. The second kappa shape index (κ2) is 19.5. The lowest BCUT2D eigenvalue weighted by atomic mass is 9.89. The molecule has 3 amide bonds. The standard InChI is InChI=1S/C38H58N6O7/c1-10-24(4)33(43(7)36(47)31(23(2)3)42-38-39-19-15-20-40-38)29(50-8)22-30(45)44-21-14-18-28(44)34(51-9)26(6)35(46)41-32(37(48)49)25(5)27-16-12-11-13-17-27/h11-13,15-17,19-20,23-26,28-29,31-34H,10,14,18,21-22H2,1-9H3,(H,41,46)(H,48,49)(H,39,40,42)/t24-,25?,26+,28-,29+,31-,32?,33-,34+/m0/s1. The molecule has 13 nitrogen and oxygen atoms in total. The van der Waals surface area contributed by atoms with Crippen LogP contribution in [0.15, 0.2) is 48.8 Å². The Morgan fingerprint density at radius 3 is 2.18 bits per heavy atom. The van der Waals surface area contributed by atoms with E-state index in [1.807, 2.05) is 58.0 Å². The van der Waals surface area contributed by atoms with Crippen molar-refractivity contribution in [3.05, 3.63) is 54.4 Å². The van der Waals surface area contributed by atoms with Crippen molar-refractivity contribution in [3.63, 3.8) is 0 Å². The van der Waals surface area contributed by atoms with E-state index in [1.54, 1.807) is 56.3 Å². The van der Waals surface area contributed by atoms with Gasteiger partial charge in [0, 0.05) is 46.1 Å². The number of methoxy groups -OCH3 is 2. The summed E-state index contributed by atoms with van der Waals surface area (Å²) in [6, 6.07) is 8.32. The Bertz CT molecular complexity index is 1410. The first-order valence-electron chi connectivity index (χ1n) is 18.0. The molecule has 2 heterocycles. The van der Waals surface area contributed by atoms with Crippen LogP contribution < -0.4 is 10.6 Å². The summed E-state index contributed by atoms with van der Waals surface area (Å²) in [5, 5.41) is 15.9. The number of hydrogen-bond donors (Lipinski definition) is 3. The molecule has 2 aromatic rings. The van der Waals surface area contributed by atoms with Gasteiger partial charge in [-0.15, -0.1) is 0 Å². The lowest BCUT2D eigenvalue weighted by Gasteiger charge is -2.40. The van der Waals surface area contributed by atoms with E-state index in [-0.39, 0.29) is 30.1 Å². The number of nitrogens with one attached hydrogen (secondary N) is 2. The summed E-state index contributed by atoms with van der Waals surface area (Å²) in [5.41, 5.74) is 0.797. The van der Waals surface area contributed by atoms with Crippen LogP contribution in [-0.4, -0.2) is 113 Å². The quantitative estimate of drug-likeness (QED) is 0.193. The molecule has 1 aliphatic rings. The summed E-state index contributed by atoms with van der Waals surface area (Å²) in [6.07, 6.45) is 4.06. The van der Waals surface area contributed by atoms with Gasteiger partial charge in [0.15, 0.2) is 0 Å². The number of benzene rings is 1. The minimum Gasteiger partial charge on any atom is -0.480 e. The molecule has 3 N–H and O–H groups in total. The largest absolute Gasteiger partial charge is 0.480 e. The maximum absolute atomic E-state index is 14.1. The first kappa shape index (κ1) is 41.3. The molecule has 1 aliphatic heterocycles. The van der Waals surface area contributed by atoms with Gasteiger partial charge in [-0.2, -0.15) is 0 Å². The van der Waals surface area contributed by atoms with Gasteiger partial charge < -0.3 is 35.0 Å². The molecule has 0 radical (unpaired) electrons. The third-order valence-electron chi connectivity index (χ3n) is 10.4. The number of hydrogen-bond acceptors (Lipinski definition) is 9. The molecule has 9 atom stereocenters. The summed E-state index contributed by atoms with van der Waals surface area (Å²) >= 11 is 0. The van der Waals surface area contributed by atoms with E-state index in [2.05, 4.69) is 20.6 Å². The van der Waals surface area contributed by atoms with Gasteiger partial charge in [0.1, 0.15) is 12.1 Å². The number of amides is 3. The topological polar surface area (TPSA) is 163 Å². The van der Waals surface area contributed by atoms with Crippen LogP contribution in [0.3, 0.4) is 0 Å². The molecule has 1 saturated heterocycles. The Morgan fingerprint density at radius 1 is 0.980 bits per heavy atom. The Morgan fingerprint density at radius 2 is 1.63 bits per heavy atom. The second-order valence-electron chi connectivity index (χ2n) is 14.1. The Labute approximate surface area is 302 Å². The van der Waals surface area contributed by atoms with Gasteiger partial charge in [-0.3, -0.25) is 14.4 Å². The number of carboxylic acid groups (broad SMARTS) is 1. The molecular weight excluding hydrogens is 652 g/mol. The molecule has 0 spiro atoms. The molecule has 1 fully saturated rings. The van der Waals surface area contributed by atoms with E-state index in [0.717, 1.165) is 18.4 Å². The van der Waals surface area contributed by atoms with Crippen LogP contribution in [0.4, 0.5) is 5.95 Å². The molecule has 282 valence electrons. The Balaban J connectivity index is 1.78. The van der Waals surface area contributed by atoms with Crippen molar-refractivity contribution >= 4 is 29.6 Å². The van der Waals surface area contributed by atoms with Crippen LogP contribution in [0.1, 0.15) is 78.7 Å². The maximum atomic E-state index is 14.1. The lowest BCUT2D eigenvalue weighted by Crippen LogP contribution is -2.56. The van der Waals surface area contributed by atoms with Crippen LogP contribution in [0.5, 0.6) is 0 Å². The summed E-state index contributed by atoms with van der Waals surface area (Å²) in [7, 11) is 4.82. The molecule has 3 rings (SSSR count). The molecule has 1 aromatic heterocycles. The SMILES string of the molecule is CC[C@H](C)[C@@H]([C@@H](CC(=O)N1CCC[C@H]1[C@H](OC)[C@@H](C)C(=O)NC(C(=O)O)C(C)c1ccccc1)OC)N(C)C(=O)[C@@H](Nc1ncccn1)C(C)C. The predicted molar refractivity (Wildman–Crippen MR) is 195 cm³/mol. The van der Waals surface area contributed by atoms with Crippen LogP contribution in [0.2, 0.25) is 0 Å². The van der Waals surface area contributed by atoms with Crippen molar-refractivity contribution in [1.82, 2.24) is 25.1 Å². The molecule has 2 unspecified atom stereocenters. The van der Waals surface area contributed by atoms with Crippen molar-refractivity contribution in [2.24, 2.45) is 17.8 Å². The highest BCUT2D eigenvalue weighted by molar-refractivity contribution is 5.86. The van der Waals surface area contributed by atoms with Crippen LogP contribution in [0.25, 0.3) is 0 Å². The fourth-order valence-electron chi connectivity index (χ4n) is 7.19. The number of rotatable bonds is 19. The number of nitrogens with zero attached hydrogens (tertiary/aromatic N) is 4. The van der Waals surface area contributed by atoms with Crippen LogP contribution in [-0.2, 0) is 28.7 Å². The van der Waals surface area contributed by atoms with Crippen molar-refractivity contribution < 1.29 is 33.8 Å². The van der Waals surface area contributed by atoms with Gasteiger partial charge >= 0.3 is 5.97 Å². The van der Waals surface area contributed by atoms with Crippen molar-refractivity contribution in [2.75, 3.05) is 33.1 Å². The number of carbonyl (C=O) groups is 4. The van der Waals surface area contributed by atoms with Gasteiger partial charge in [-0.05, 0) is 36.3 Å². The van der Waals surface area contributed by atoms with Gasteiger partial charge in [0.25, 0.3) is 0 Å². The first-order valence-corrected chi connectivity index (χ1v) is 18.0. The number of anilines is 1. The zero-order chi connectivity index (χ0) is 37.8. The molecule has 13 heteroatoms. The Kier molecular flexibility index (Phi) is 15.8. The fourth-order valence-corrected chi connectivity index (χ4v) is 7.19. The molecule has 1 aromatic carbocycles. The highest BCUT2D eigenvalue weighted by Gasteiger charge is 2.43. The zero-order valence-corrected chi connectivity index (χ0v) is 31.6. The smallest absolute Gasteiger partial charge is 0.326 e. The summed E-state index contributed by atoms with van der Waals surface area (Å²) in [4.78, 5) is 65.9. The monoisotopic (exact) mass is 710 g/mol. The van der Waals surface area contributed by atoms with E-state index in [9.17, 15) is 24.3 Å². The average Bonchev–Trinajstić information content (AvgIpc) is 3.62. The third kappa shape index (κ3) is 10.5.